The molecule has 0 atom stereocenters. The number of rotatable bonds is 6. The van der Waals surface area contributed by atoms with Gasteiger partial charge in [0.05, 0.1) is 22.3 Å². The third-order valence-corrected chi connectivity index (χ3v) is 5.19. The van der Waals surface area contributed by atoms with Crippen molar-refractivity contribution in [3.8, 4) is 11.3 Å². The van der Waals surface area contributed by atoms with Gasteiger partial charge in [0.25, 0.3) is 11.6 Å². The van der Waals surface area contributed by atoms with Crippen LogP contribution in [-0.2, 0) is 0 Å². The van der Waals surface area contributed by atoms with Gasteiger partial charge in [0.2, 0.25) is 0 Å². The number of furan rings is 1. The summed E-state index contributed by atoms with van der Waals surface area (Å²) in [6.07, 6.45) is 1.56. The fourth-order valence-electron chi connectivity index (χ4n) is 3.15. The second-order valence-electron chi connectivity index (χ2n) is 7.08. The molecule has 0 saturated carbocycles. The molecule has 0 fully saturated rings. The Bertz CT molecular complexity index is 989. The molecule has 0 radical (unpaired) electrons. The second-order valence-corrected chi connectivity index (χ2v) is 7.08. The Hall–Kier alpha value is -2.38. The number of aromatic nitrogens is 2. The maximum absolute atomic E-state index is 13.0. The fraction of sp³-hybridized carbons (Fsp3) is 0.450. The molecule has 3 N–H and O–H groups in total. The Balaban J connectivity index is 0.00000280. The Labute approximate surface area is 170 Å². The van der Waals surface area contributed by atoms with Crippen molar-refractivity contribution in [1.82, 2.24) is 15.5 Å². The zero-order chi connectivity index (χ0) is 19.8. The van der Waals surface area contributed by atoms with E-state index < -0.39 is 5.54 Å². The minimum Gasteiger partial charge on any atom is -0.466 e. The average molecular weight is 407 g/mol. The molecule has 3 aromatic rings. The van der Waals surface area contributed by atoms with Crippen LogP contribution in [0.15, 0.2) is 21.1 Å². The molecule has 152 valence electrons. The molecule has 3 rings (SSSR count). The Morgan fingerprint density at radius 3 is 2.46 bits per heavy atom. The minimum atomic E-state index is -0.424. The van der Waals surface area contributed by atoms with Crippen molar-refractivity contribution >= 4 is 29.4 Å². The summed E-state index contributed by atoms with van der Waals surface area (Å²) in [5.41, 5.74) is 8.77. The van der Waals surface area contributed by atoms with Gasteiger partial charge in [0.15, 0.2) is 0 Å². The van der Waals surface area contributed by atoms with E-state index in [4.69, 9.17) is 14.7 Å². The van der Waals surface area contributed by atoms with E-state index in [0.29, 0.717) is 34.6 Å². The number of halogens is 1. The van der Waals surface area contributed by atoms with E-state index in [9.17, 15) is 4.79 Å². The highest BCUT2D eigenvalue weighted by atomic mass is 35.5. The van der Waals surface area contributed by atoms with Crippen LogP contribution in [0.1, 0.15) is 54.3 Å². The van der Waals surface area contributed by atoms with Gasteiger partial charge >= 0.3 is 0 Å². The number of hydrogen-bond acceptors (Lipinski definition) is 6. The van der Waals surface area contributed by atoms with E-state index in [1.807, 2.05) is 33.8 Å². The first kappa shape index (κ1) is 21.9. The number of nitrogens with zero attached hydrogens (tertiary/aromatic N) is 2. The molecular formula is C20H27ClN4O3. The average Bonchev–Trinajstić information content (AvgIpc) is 3.20. The van der Waals surface area contributed by atoms with Crippen LogP contribution in [0.25, 0.3) is 22.4 Å². The summed E-state index contributed by atoms with van der Waals surface area (Å²) in [5, 5.41) is 7.56. The van der Waals surface area contributed by atoms with Gasteiger partial charge in [-0.2, -0.15) is 0 Å². The lowest BCUT2D eigenvalue weighted by atomic mass is 9.94. The number of amides is 1. The molecule has 0 aliphatic heterocycles. The van der Waals surface area contributed by atoms with Crippen LogP contribution in [0.5, 0.6) is 0 Å². The molecule has 28 heavy (non-hydrogen) atoms. The van der Waals surface area contributed by atoms with Gasteiger partial charge in [-0.3, -0.25) is 4.79 Å². The lowest BCUT2D eigenvalue weighted by molar-refractivity contribution is 0.0943. The first-order chi connectivity index (χ1) is 12.8. The van der Waals surface area contributed by atoms with Crippen molar-refractivity contribution in [2.24, 2.45) is 5.73 Å². The molecule has 0 aliphatic carbocycles. The van der Waals surface area contributed by atoms with Crippen LogP contribution in [0, 0.1) is 20.8 Å². The van der Waals surface area contributed by atoms with Crippen LogP contribution in [0.3, 0.4) is 0 Å². The van der Waals surface area contributed by atoms with Crippen LogP contribution < -0.4 is 11.1 Å². The first-order valence-electron chi connectivity index (χ1n) is 9.19. The van der Waals surface area contributed by atoms with Crippen molar-refractivity contribution in [2.75, 3.05) is 6.54 Å². The maximum atomic E-state index is 13.0. The summed E-state index contributed by atoms with van der Waals surface area (Å²) in [6.45, 7) is 9.97. The number of nitrogens with one attached hydrogen (secondary N) is 1. The first-order valence-corrected chi connectivity index (χ1v) is 9.19. The highest BCUT2D eigenvalue weighted by Crippen LogP contribution is 2.30. The van der Waals surface area contributed by atoms with Crippen LogP contribution >= 0.6 is 12.4 Å². The summed E-state index contributed by atoms with van der Waals surface area (Å²) in [5.74, 6) is 1.30. The minimum absolute atomic E-state index is 0. The molecule has 0 saturated heterocycles. The Morgan fingerprint density at radius 1 is 1.21 bits per heavy atom. The number of fused-ring (bicyclic) bond motifs is 1. The lowest BCUT2D eigenvalue weighted by Crippen LogP contribution is -2.49. The molecule has 0 aromatic carbocycles. The van der Waals surface area contributed by atoms with E-state index in [-0.39, 0.29) is 18.3 Å². The van der Waals surface area contributed by atoms with Gasteiger partial charge in [0.1, 0.15) is 11.5 Å². The van der Waals surface area contributed by atoms with E-state index in [2.05, 4.69) is 15.5 Å². The van der Waals surface area contributed by atoms with Crippen LogP contribution in [0.4, 0.5) is 0 Å². The lowest BCUT2D eigenvalue weighted by Gasteiger charge is -2.26. The van der Waals surface area contributed by atoms with Gasteiger partial charge in [-0.1, -0.05) is 19.0 Å². The van der Waals surface area contributed by atoms with Gasteiger partial charge in [0, 0.05) is 17.6 Å². The number of carbonyl (C=O) groups excluding carboxylic acids is 1. The summed E-state index contributed by atoms with van der Waals surface area (Å²) >= 11 is 0. The topological polar surface area (TPSA) is 107 Å². The van der Waals surface area contributed by atoms with Gasteiger partial charge < -0.3 is 20.0 Å². The normalized spacial score (nSPS) is 11.5. The molecule has 8 heteroatoms. The molecule has 0 bridgehead atoms. The monoisotopic (exact) mass is 406 g/mol. The fourth-order valence-corrected chi connectivity index (χ4v) is 3.15. The molecule has 0 spiro atoms. The molecule has 0 unspecified atom stereocenters. The van der Waals surface area contributed by atoms with E-state index in [1.54, 1.807) is 13.0 Å². The molecule has 7 nitrogen and oxygen atoms in total. The summed E-state index contributed by atoms with van der Waals surface area (Å²) < 4.78 is 10.9. The van der Waals surface area contributed by atoms with Crippen molar-refractivity contribution in [2.45, 2.75) is 53.0 Å². The highest BCUT2D eigenvalue weighted by molar-refractivity contribution is 6.07. The van der Waals surface area contributed by atoms with E-state index in [0.717, 1.165) is 29.9 Å². The quantitative estimate of drug-likeness (QED) is 0.638. The van der Waals surface area contributed by atoms with E-state index in [1.165, 1.54) is 0 Å². The third kappa shape index (κ3) is 4.05. The molecule has 0 aliphatic rings. The standard InChI is InChI=1S/C20H26N4O3.ClH/c1-6-20(21,7-2)10-22-18(25)15-9-16(14-8-11(3)26-13(14)5)23-19-17(15)12(4)24-27-19;/h8-9H,6-7,10,21H2,1-5H3,(H,22,25);1H. The number of aryl methyl sites for hydroxylation is 3. The molecule has 3 heterocycles. The van der Waals surface area contributed by atoms with Crippen molar-refractivity contribution in [3.05, 3.63) is 34.9 Å². The number of carbonyl (C=O) groups is 1. The van der Waals surface area contributed by atoms with Gasteiger partial charge in [-0.15, -0.1) is 12.4 Å². The Morgan fingerprint density at radius 2 is 1.89 bits per heavy atom. The van der Waals surface area contributed by atoms with Crippen molar-refractivity contribution in [3.63, 3.8) is 0 Å². The summed E-state index contributed by atoms with van der Waals surface area (Å²) in [6, 6.07) is 3.66. The maximum Gasteiger partial charge on any atom is 0.259 e. The zero-order valence-electron chi connectivity index (χ0n) is 16.9. The molecular weight excluding hydrogens is 380 g/mol. The van der Waals surface area contributed by atoms with Crippen molar-refractivity contribution in [1.29, 1.82) is 0 Å². The Kier molecular flexibility index (Phi) is 6.52. The highest BCUT2D eigenvalue weighted by Gasteiger charge is 2.24. The number of nitrogens with two attached hydrogens (primary N) is 1. The zero-order valence-corrected chi connectivity index (χ0v) is 17.7. The van der Waals surface area contributed by atoms with Crippen LogP contribution in [-0.4, -0.2) is 28.1 Å². The predicted molar refractivity (Wildman–Crippen MR) is 111 cm³/mol. The van der Waals surface area contributed by atoms with E-state index >= 15 is 0 Å². The molecule has 3 aromatic heterocycles. The van der Waals surface area contributed by atoms with Crippen LogP contribution in [0.2, 0.25) is 0 Å². The predicted octanol–water partition coefficient (Wildman–Crippen LogP) is 4.08. The molecule has 1 amide bonds. The number of hydrogen-bond donors (Lipinski definition) is 2. The second kappa shape index (κ2) is 8.32. The number of pyridine rings is 1. The largest absolute Gasteiger partial charge is 0.466 e. The van der Waals surface area contributed by atoms with Gasteiger partial charge in [-0.25, -0.2) is 4.98 Å². The summed E-state index contributed by atoms with van der Waals surface area (Å²) in [7, 11) is 0. The SMILES string of the molecule is CCC(N)(CC)CNC(=O)c1cc(-c2cc(C)oc2C)nc2onc(C)c12.Cl. The third-order valence-electron chi connectivity index (χ3n) is 5.19. The van der Waals surface area contributed by atoms with Gasteiger partial charge in [-0.05, 0) is 45.7 Å². The summed E-state index contributed by atoms with van der Waals surface area (Å²) in [4.78, 5) is 17.5. The van der Waals surface area contributed by atoms with Crippen molar-refractivity contribution < 1.29 is 13.7 Å². The smallest absolute Gasteiger partial charge is 0.259 e.